The fourth-order valence-corrected chi connectivity index (χ4v) is 1.52. The van der Waals surface area contributed by atoms with Crippen LogP contribution in [0.4, 0.5) is 13.2 Å². The van der Waals surface area contributed by atoms with Crippen LogP contribution in [0, 0.1) is 0 Å². The molecule has 0 radical (unpaired) electrons. The number of ether oxygens (including phenoxy) is 2. The van der Waals surface area contributed by atoms with E-state index in [9.17, 15) is 13.2 Å². The highest BCUT2D eigenvalue weighted by atomic mass is 79.9. The quantitative estimate of drug-likeness (QED) is 0.835. The smallest absolute Gasteiger partial charge is 0.491 e. The Bertz CT molecular complexity index is 364. The van der Waals surface area contributed by atoms with Gasteiger partial charge in [0, 0.05) is 10.5 Å². The zero-order chi connectivity index (χ0) is 12.3. The van der Waals surface area contributed by atoms with E-state index in [-0.39, 0.29) is 11.9 Å². The highest BCUT2D eigenvalue weighted by Gasteiger charge is 2.31. The summed E-state index contributed by atoms with van der Waals surface area (Å²) >= 11 is 3.08. The summed E-state index contributed by atoms with van der Waals surface area (Å²) in [5, 5.41) is 0. The Morgan fingerprint density at radius 2 is 1.69 bits per heavy atom. The van der Waals surface area contributed by atoms with Gasteiger partial charge in [-0.25, -0.2) is 0 Å². The summed E-state index contributed by atoms with van der Waals surface area (Å²) in [6.45, 7) is 3.57. The van der Waals surface area contributed by atoms with E-state index in [2.05, 4.69) is 20.7 Å². The predicted molar refractivity (Wildman–Crippen MR) is 56.6 cm³/mol. The first-order chi connectivity index (χ1) is 7.26. The molecule has 0 aromatic heterocycles. The minimum atomic E-state index is -4.70. The van der Waals surface area contributed by atoms with Gasteiger partial charge in [0.25, 0.3) is 0 Å². The molecule has 6 heteroatoms. The SMILES string of the molecule is CC(C)Oc1cc(Br)cc(OC(F)(F)F)c1. The molecule has 0 aliphatic carbocycles. The van der Waals surface area contributed by atoms with Gasteiger partial charge in [0.05, 0.1) is 6.10 Å². The van der Waals surface area contributed by atoms with Crippen LogP contribution >= 0.6 is 15.9 Å². The molecule has 0 heterocycles. The standard InChI is InChI=1S/C10H10BrF3O2/c1-6(2)15-8-3-7(11)4-9(5-8)16-10(12,13)14/h3-6H,1-2H3. The molecule has 0 N–H and O–H groups in total. The molecule has 0 bridgehead atoms. The van der Waals surface area contributed by atoms with Gasteiger partial charge in [-0.2, -0.15) is 0 Å². The molecule has 2 nitrogen and oxygen atoms in total. The van der Waals surface area contributed by atoms with Crippen LogP contribution in [0.5, 0.6) is 11.5 Å². The summed E-state index contributed by atoms with van der Waals surface area (Å²) in [7, 11) is 0. The van der Waals surface area contributed by atoms with Crippen LogP contribution in [-0.4, -0.2) is 12.5 Å². The molecule has 0 unspecified atom stereocenters. The molecule has 0 saturated carbocycles. The van der Waals surface area contributed by atoms with Gasteiger partial charge >= 0.3 is 6.36 Å². The predicted octanol–water partition coefficient (Wildman–Crippen LogP) is 4.13. The van der Waals surface area contributed by atoms with E-state index in [0.29, 0.717) is 10.2 Å². The normalized spacial score (nSPS) is 11.7. The van der Waals surface area contributed by atoms with Gasteiger partial charge in [0.1, 0.15) is 11.5 Å². The van der Waals surface area contributed by atoms with E-state index in [0.717, 1.165) is 0 Å². The average molecular weight is 299 g/mol. The minimum Gasteiger partial charge on any atom is -0.491 e. The van der Waals surface area contributed by atoms with Gasteiger partial charge in [-0.05, 0) is 26.0 Å². The topological polar surface area (TPSA) is 18.5 Å². The first kappa shape index (κ1) is 13.2. The second kappa shape index (κ2) is 4.95. The Hall–Kier alpha value is -0.910. The summed E-state index contributed by atoms with van der Waals surface area (Å²) < 4.78 is 45.5. The third kappa shape index (κ3) is 4.74. The molecule has 0 aliphatic rings. The van der Waals surface area contributed by atoms with Crippen LogP contribution in [0.15, 0.2) is 22.7 Å². The maximum Gasteiger partial charge on any atom is 0.573 e. The first-order valence-electron chi connectivity index (χ1n) is 4.49. The molecule has 90 valence electrons. The van der Waals surface area contributed by atoms with Crippen LogP contribution in [-0.2, 0) is 0 Å². The molecule has 1 aromatic rings. The molecule has 16 heavy (non-hydrogen) atoms. The highest BCUT2D eigenvalue weighted by Crippen LogP contribution is 2.30. The molecule has 0 fully saturated rings. The molecule has 0 aliphatic heterocycles. The van der Waals surface area contributed by atoms with E-state index in [1.54, 1.807) is 19.9 Å². The van der Waals surface area contributed by atoms with Gasteiger partial charge in [0.2, 0.25) is 0 Å². The summed E-state index contributed by atoms with van der Waals surface area (Å²) in [5.74, 6) is 0.0150. The maximum absolute atomic E-state index is 12.0. The number of hydrogen-bond donors (Lipinski definition) is 0. The molecule has 1 aromatic carbocycles. The zero-order valence-corrected chi connectivity index (χ0v) is 10.2. The summed E-state index contributed by atoms with van der Waals surface area (Å²) in [6, 6.07) is 3.99. The Morgan fingerprint density at radius 1 is 1.12 bits per heavy atom. The van der Waals surface area contributed by atoms with E-state index >= 15 is 0 Å². The largest absolute Gasteiger partial charge is 0.573 e. The second-order valence-corrected chi connectivity index (χ2v) is 4.25. The minimum absolute atomic E-state index is 0.118. The molecular formula is C10H10BrF3O2. The molecule has 0 spiro atoms. The maximum atomic E-state index is 12.0. The zero-order valence-electron chi connectivity index (χ0n) is 8.64. The average Bonchev–Trinajstić information content (AvgIpc) is 1.96. The lowest BCUT2D eigenvalue weighted by atomic mass is 10.3. The fraction of sp³-hybridized carbons (Fsp3) is 0.400. The van der Waals surface area contributed by atoms with Gasteiger partial charge in [-0.3, -0.25) is 0 Å². The number of alkyl halides is 3. The van der Waals surface area contributed by atoms with Crippen LogP contribution in [0.2, 0.25) is 0 Å². The number of rotatable bonds is 3. The van der Waals surface area contributed by atoms with Crippen molar-refractivity contribution in [3.63, 3.8) is 0 Å². The van der Waals surface area contributed by atoms with Crippen LogP contribution < -0.4 is 9.47 Å². The van der Waals surface area contributed by atoms with Gasteiger partial charge < -0.3 is 9.47 Å². The third-order valence-electron chi connectivity index (χ3n) is 1.45. The van der Waals surface area contributed by atoms with Crippen molar-refractivity contribution in [3.8, 4) is 11.5 Å². The number of benzene rings is 1. The summed E-state index contributed by atoms with van der Waals surface area (Å²) in [4.78, 5) is 0. The Morgan fingerprint density at radius 3 is 2.19 bits per heavy atom. The molecule has 0 saturated heterocycles. The molecule has 0 atom stereocenters. The highest BCUT2D eigenvalue weighted by molar-refractivity contribution is 9.10. The van der Waals surface area contributed by atoms with Gasteiger partial charge in [0.15, 0.2) is 0 Å². The van der Waals surface area contributed by atoms with E-state index in [1.165, 1.54) is 12.1 Å². The van der Waals surface area contributed by atoms with Crippen molar-refractivity contribution in [1.82, 2.24) is 0 Å². The van der Waals surface area contributed by atoms with Crippen LogP contribution in [0.1, 0.15) is 13.8 Å². The summed E-state index contributed by atoms with van der Waals surface area (Å²) in [5.41, 5.74) is 0. The fourth-order valence-electron chi connectivity index (χ4n) is 1.07. The first-order valence-corrected chi connectivity index (χ1v) is 5.28. The van der Waals surface area contributed by atoms with E-state index in [1.807, 2.05) is 0 Å². The van der Waals surface area contributed by atoms with Crippen molar-refractivity contribution < 1.29 is 22.6 Å². The summed E-state index contributed by atoms with van der Waals surface area (Å²) in [6.07, 6.45) is -4.82. The lowest BCUT2D eigenvalue weighted by molar-refractivity contribution is -0.274. The number of hydrogen-bond acceptors (Lipinski definition) is 2. The van der Waals surface area contributed by atoms with Crippen molar-refractivity contribution in [3.05, 3.63) is 22.7 Å². The van der Waals surface area contributed by atoms with Gasteiger partial charge in [-0.15, -0.1) is 13.2 Å². The Balaban J connectivity index is 2.90. The van der Waals surface area contributed by atoms with Crippen molar-refractivity contribution in [2.24, 2.45) is 0 Å². The van der Waals surface area contributed by atoms with Crippen molar-refractivity contribution in [2.45, 2.75) is 26.3 Å². The van der Waals surface area contributed by atoms with Crippen molar-refractivity contribution >= 4 is 15.9 Å². The third-order valence-corrected chi connectivity index (χ3v) is 1.91. The second-order valence-electron chi connectivity index (χ2n) is 3.34. The monoisotopic (exact) mass is 298 g/mol. The van der Waals surface area contributed by atoms with E-state index in [4.69, 9.17) is 4.74 Å². The van der Waals surface area contributed by atoms with Crippen molar-refractivity contribution in [2.75, 3.05) is 0 Å². The van der Waals surface area contributed by atoms with Crippen molar-refractivity contribution in [1.29, 1.82) is 0 Å². The van der Waals surface area contributed by atoms with Crippen LogP contribution in [0.3, 0.4) is 0 Å². The lowest BCUT2D eigenvalue weighted by Gasteiger charge is -2.13. The Kier molecular flexibility index (Phi) is 4.07. The molecular weight excluding hydrogens is 289 g/mol. The lowest BCUT2D eigenvalue weighted by Crippen LogP contribution is -2.17. The van der Waals surface area contributed by atoms with E-state index < -0.39 is 6.36 Å². The molecule has 0 amide bonds. The Labute approximate surface area is 99.5 Å². The number of halogens is 4. The van der Waals surface area contributed by atoms with Gasteiger partial charge in [-0.1, -0.05) is 15.9 Å². The van der Waals surface area contributed by atoms with Crippen LogP contribution in [0.25, 0.3) is 0 Å². The molecule has 1 rings (SSSR count).